The van der Waals surface area contributed by atoms with Crippen LogP contribution in [0.5, 0.6) is 0 Å². The number of aromatic nitrogens is 1. The van der Waals surface area contributed by atoms with Crippen molar-refractivity contribution in [1.82, 2.24) is 4.98 Å². The Morgan fingerprint density at radius 2 is 2.00 bits per heavy atom. The van der Waals surface area contributed by atoms with Crippen LogP contribution in [-0.4, -0.2) is 22.6 Å². The Balaban J connectivity index is 2.78. The van der Waals surface area contributed by atoms with E-state index >= 15 is 0 Å². The normalized spacial score (nSPS) is 11.8. The summed E-state index contributed by atoms with van der Waals surface area (Å²) in [4.78, 5) is 37.8. The van der Waals surface area contributed by atoms with E-state index in [-0.39, 0.29) is 12.0 Å². The van der Waals surface area contributed by atoms with Gasteiger partial charge in [0.25, 0.3) is 0 Å². The zero-order chi connectivity index (χ0) is 12.7. The molecule has 0 saturated heterocycles. The fraction of sp³-hybridized carbons (Fsp3) is 0.417. The molecule has 5 nitrogen and oxygen atoms in total. The van der Waals surface area contributed by atoms with Crippen LogP contribution in [0.1, 0.15) is 36.5 Å². The van der Waals surface area contributed by atoms with Crippen molar-refractivity contribution in [1.29, 1.82) is 0 Å². The second kappa shape index (κ2) is 6.62. The Morgan fingerprint density at radius 3 is 2.53 bits per heavy atom. The maximum absolute atomic E-state index is 11.8. The monoisotopic (exact) mass is 234 g/mol. The first-order chi connectivity index (χ1) is 8.20. The molecular formula is C12H14N2O3. The van der Waals surface area contributed by atoms with Gasteiger partial charge in [-0.05, 0) is 18.6 Å². The second-order valence-electron chi connectivity index (χ2n) is 3.68. The third-order valence-corrected chi connectivity index (χ3v) is 2.40. The van der Waals surface area contributed by atoms with Crippen molar-refractivity contribution in [3.63, 3.8) is 0 Å². The Morgan fingerprint density at radius 1 is 1.35 bits per heavy atom. The van der Waals surface area contributed by atoms with E-state index in [1.807, 2.05) is 6.92 Å². The Bertz CT molecular complexity index is 403. The van der Waals surface area contributed by atoms with Crippen LogP contribution in [0.2, 0.25) is 0 Å². The molecule has 1 aromatic rings. The van der Waals surface area contributed by atoms with Crippen LogP contribution in [0.4, 0.5) is 0 Å². The Labute approximate surface area is 99.2 Å². The summed E-state index contributed by atoms with van der Waals surface area (Å²) in [5.41, 5.74) is 0.287. The molecule has 0 radical (unpaired) electrons. The van der Waals surface area contributed by atoms with Crippen LogP contribution in [0.3, 0.4) is 0 Å². The minimum Gasteiger partial charge on any atom is -0.297 e. The second-order valence-corrected chi connectivity index (χ2v) is 3.68. The van der Waals surface area contributed by atoms with Gasteiger partial charge in [0.15, 0.2) is 11.6 Å². The SMILES string of the molecule is CCCCC(=O)C(N=O)C(=O)c1ccncc1. The third kappa shape index (κ3) is 3.55. The summed E-state index contributed by atoms with van der Waals surface area (Å²) in [5.74, 6) is -0.966. The van der Waals surface area contributed by atoms with Gasteiger partial charge in [-0.2, -0.15) is 0 Å². The number of hydrogen-bond acceptors (Lipinski definition) is 5. The number of ketones is 2. The zero-order valence-electron chi connectivity index (χ0n) is 9.63. The number of nitrogens with zero attached hydrogens (tertiary/aromatic N) is 2. The minimum absolute atomic E-state index is 0.212. The molecule has 90 valence electrons. The lowest BCUT2D eigenvalue weighted by atomic mass is 9.99. The average molecular weight is 234 g/mol. The van der Waals surface area contributed by atoms with Gasteiger partial charge < -0.3 is 0 Å². The van der Waals surface area contributed by atoms with Crippen LogP contribution in [0.25, 0.3) is 0 Å². The van der Waals surface area contributed by atoms with Crippen molar-refractivity contribution >= 4 is 11.6 Å². The van der Waals surface area contributed by atoms with E-state index in [0.717, 1.165) is 6.42 Å². The highest BCUT2D eigenvalue weighted by molar-refractivity contribution is 6.14. The molecule has 1 rings (SSSR count). The lowest BCUT2D eigenvalue weighted by molar-refractivity contribution is -0.119. The average Bonchev–Trinajstić information content (AvgIpc) is 2.38. The van der Waals surface area contributed by atoms with Crippen molar-refractivity contribution in [2.45, 2.75) is 32.2 Å². The maximum atomic E-state index is 11.8. The topological polar surface area (TPSA) is 76.5 Å². The summed E-state index contributed by atoms with van der Waals surface area (Å²) < 4.78 is 0. The van der Waals surface area contributed by atoms with Crippen LogP contribution in [-0.2, 0) is 4.79 Å². The molecule has 0 aliphatic carbocycles. The van der Waals surface area contributed by atoms with Crippen molar-refractivity contribution < 1.29 is 9.59 Å². The van der Waals surface area contributed by atoms with Gasteiger partial charge in [-0.25, -0.2) is 0 Å². The lowest BCUT2D eigenvalue weighted by Crippen LogP contribution is -2.28. The molecule has 0 amide bonds. The van der Waals surface area contributed by atoms with Gasteiger partial charge in [0.2, 0.25) is 6.04 Å². The summed E-state index contributed by atoms with van der Waals surface area (Å²) in [6, 6.07) is 1.52. The number of pyridine rings is 1. The number of carbonyl (C=O) groups is 2. The predicted molar refractivity (Wildman–Crippen MR) is 62.7 cm³/mol. The standard InChI is InChI=1S/C12H14N2O3/c1-2-3-4-10(15)11(14-17)12(16)9-5-7-13-8-6-9/h5-8,11H,2-4H2,1H3. The van der Waals surface area contributed by atoms with Gasteiger partial charge >= 0.3 is 0 Å². The summed E-state index contributed by atoms with van der Waals surface area (Å²) in [7, 11) is 0. The first-order valence-electron chi connectivity index (χ1n) is 5.50. The van der Waals surface area contributed by atoms with Crippen LogP contribution in [0, 0.1) is 4.91 Å². The smallest absolute Gasteiger partial charge is 0.212 e. The molecule has 0 aliphatic rings. The fourth-order valence-electron chi connectivity index (χ4n) is 1.41. The van der Waals surface area contributed by atoms with Gasteiger partial charge in [0, 0.05) is 24.4 Å². The molecule has 0 bridgehead atoms. The summed E-state index contributed by atoms with van der Waals surface area (Å²) >= 11 is 0. The van der Waals surface area contributed by atoms with Gasteiger partial charge in [0.1, 0.15) is 0 Å². The molecule has 0 aromatic carbocycles. The highest BCUT2D eigenvalue weighted by Crippen LogP contribution is 2.09. The van der Waals surface area contributed by atoms with E-state index in [9.17, 15) is 14.5 Å². The number of hydrogen-bond donors (Lipinski definition) is 0. The quantitative estimate of drug-likeness (QED) is 0.411. The number of nitroso groups, excluding NO2 is 1. The van der Waals surface area contributed by atoms with Crippen molar-refractivity contribution in [3.05, 3.63) is 35.0 Å². The van der Waals surface area contributed by atoms with E-state index in [1.165, 1.54) is 24.5 Å². The highest BCUT2D eigenvalue weighted by Gasteiger charge is 2.27. The molecular weight excluding hydrogens is 220 g/mol. The van der Waals surface area contributed by atoms with Crippen LogP contribution < -0.4 is 0 Å². The molecule has 0 saturated carbocycles. The predicted octanol–water partition coefficient (Wildman–Crippen LogP) is 2.16. The van der Waals surface area contributed by atoms with Crippen molar-refractivity contribution in [2.24, 2.45) is 5.18 Å². The molecule has 1 heterocycles. The summed E-state index contributed by atoms with van der Waals surface area (Å²) in [6.07, 6.45) is 4.58. The zero-order valence-corrected chi connectivity index (χ0v) is 9.63. The van der Waals surface area contributed by atoms with E-state index < -0.39 is 17.6 Å². The van der Waals surface area contributed by atoms with Crippen LogP contribution in [0.15, 0.2) is 29.7 Å². The van der Waals surface area contributed by atoms with Crippen LogP contribution >= 0.6 is 0 Å². The molecule has 0 N–H and O–H groups in total. The van der Waals surface area contributed by atoms with E-state index in [4.69, 9.17) is 0 Å². The van der Waals surface area contributed by atoms with Gasteiger partial charge in [-0.15, -0.1) is 4.91 Å². The summed E-state index contributed by atoms with van der Waals surface area (Å²) in [5, 5.41) is 2.65. The number of rotatable bonds is 7. The highest BCUT2D eigenvalue weighted by atomic mass is 16.3. The Kier molecular flexibility index (Phi) is 5.13. The van der Waals surface area contributed by atoms with Crippen molar-refractivity contribution in [2.75, 3.05) is 0 Å². The fourth-order valence-corrected chi connectivity index (χ4v) is 1.41. The molecule has 0 aliphatic heterocycles. The van der Waals surface area contributed by atoms with Gasteiger partial charge in [-0.3, -0.25) is 14.6 Å². The summed E-state index contributed by atoms with van der Waals surface area (Å²) in [6.45, 7) is 1.93. The lowest BCUT2D eigenvalue weighted by Gasteiger charge is -2.06. The Hall–Kier alpha value is -1.91. The van der Waals surface area contributed by atoms with Gasteiger partial charge in [0.05, 0.1) is 0 Å². The number of unbranched alkanes of at least 4 members (excludes halogenated alkanes) is 1. The van der Waals surface area contributed by atoms with E-state index in [1.54, 1.807) is 0 Å². The molecule has 0 spiro atoms. The molecule has 17 heavy (non-hydrogen) atoms. The largest absolute Gasteiger partial charge is 0.297 e. The van der Waals surface area contributed by atoms with E-state index in [0.29, 0.717) is 6.42 Å². The minimum atomic E-state index is -1.41. The first kappa shape index (κ1) is 13.2. The molecule has 1 atom stereocenters. The van der Waals surface area contributed by atoms with Gasteiger partial charge in [-0.1, -0.05) is 18.5 Å². The van der Waals surface area contributed by atoms with Crippen molar-refractivity contribution in [3.8, 4) is 0 Å². The molecule has 1 unspecified atom stereocenters. The maximum Gasteiger partial charge on any atom is 0.212 e. The molecule has 0 fully saturated rings. The number of carbonyl (C=O) groups excluding carboxylic acids is 2. The first-order valence-corrected chi connectivity index (χ1v) is 5.50. The number of Topliss-reactive ketones (excluding diaryl/α,β-unsaturated/α-hetero) is 2. The third-order valence-electron chi connectivity index (χ3n) is 2.40. The molecule has 5 heteroatoms. The molecule has 1 aromatic heterocycles. The van der Waals surface area contributed by atoms with E-state index in [2.05, 4.69) is 10.2 Å².